The summed E-state index contributed by atoms with van der Waals surface area (Å²) in [5.41, 5.74) is -0.473. The summed E-state index contributed by atoms with van der Waals surface area (Å²) in [7, 11) is -0.373. The van der Waals surface area contributed by atoms with E-state index < -0.39 is 15.6 Å². The largest absolute Gasteiger partial charge is 0.368 e. The summed E-state index contributed by atoms with van der Waals surface area (Å²) < 4.78 is 24.0. The summed E-state index contributed by atoms with van der Waals surface area (Å²) in [6.45, 7) is 0.122. The average Bonchev–Trinajstić information content (AvgIpc) is 2.24. The minimum Gasteiger partial charge on any atom is -0.368 e. The molecule has 9 heteroatoms. The van der Waals surface area contributed by atoms with E-state index in [2.05, 4.69) is 15.3 Å². The number of halogens is 1. The lowest BCUT2D eigenvalue weighted by Gasteiger charge is -2.11. The van der Waals surface area contributed by atoms with Crippen LogP contribution >= 0.6 is 11.6 Å². The van der Waals surface area contributed by atoms with Gasteiger partial charge in [0.25, 0.3) is 5.56 Å². The first-order valence-corrected chi connectivity index (χ1v) is 6.70. The molecule has 96 valence electrons. The Balaban J connectivity index is 2.64. The van der Waals surface area contributed by atoms with Gasteiger partial charge in [-0.2, -0.15) is 0 Å². The van der Waals surface area contributed by atoms with Gasteiger partial charge in [-0.1, -0.05) is 11.6 Å². The Bertz CT molecular complexity index is 540. The van der Waals surface area contributed by atoms with E-state index in [4.69, 9.17) is 11.6 Å². The van der Waals surface area contributed by atoms with Gasteiger partial charge >= 0.3 is 0 Å². The van der Waals surface area contributed by atoms with Crippen LogP contribution < -0.4 is 10.9 Å². The van der Waals surface area contributed by atoms with Gasteiger partial charge in [0.15, 0.2) is 5.82 Å². The zero-order valence-electron chi connectivity index (χ0n) is 9.40. The minimum absolute atomic E-state index is 0.0882. The Labute approximate surface area is 104 Å². The molecule has 0 saturated heterocycles. The van der Waals surface area contributed by atoms with E-state index in [1.54, 1.807) is 0 Å². The maximum atomic E-state index is 11.4. The first-order valence-electron chi connectivity index (χ1n) is 4.72. The van der Waals surface area contributed by atoms with Crippen molar-refractivity contribution in [2.75, 3.05) is 31.7 Å². The number of aromatic nitrogens is 2. The van der Waals surface area contributed by atoms with E-state index in [1.165, 1.54) is 20.4 Å². The van der Waals surface area contributed by atoms with E-state index in [0.717, 1.165) is 4.31 Å². The molecule has 0 atom stereocenters. The lowest BCUT2D eigenvalue weighted by atomic mass is 10.5. The molecule has 0 fully saturated rings. The van der Waals surface area contributed by atoms with Gasteiger partial charge in [0.05, 0.1) is 12.1 Å². The van der Waals surface area contributed by atoms with Gasteiger partial charge in [-0.05, 0) is 0 Å². The molecule has 0 radical (unpaired) electrons. The number of H-pyrrole nitrogens is 1. The number of hydrogen-bond donors (Lipinski definition) is 2. The van der Waals surface area contributed by atoms with Crippen LogP contribution in [0.15, 0.2) is 11.1 Å². The number of nitrogens with zero attached hydrogens (tertiary/aromatic N) is 2. The van der Waals surface area contributed by atoms with Crippen LogP contribution in [0.25, 0.3) is 0 Å². The average molecular weight is 281 g/mol. The number of anilines is 1. The van der Waals surface area contributed by atoms with Crippen LogP contribution in [0.1, 0.15) is 0 Å². The van der Waals surface area contributed by atoms with Gasteiger partial charge < -0.3 is 10.3 Å². The first-order chi connectivity index (χ1) is 7.84. The highest BCUT2D eigenvalue weighted by Gasteiger charge is 2.13. The van der Waals surface area contributed by atoms with Crippen molar-refractivity contribution in [2.45, 2.75) is 0 Å². The molecule has 0 saturated carbocycles. The van der Waals surface area contributed by atoms with Gasteiger partial charge in [-0.3, -0.25) is 4.79 Å². The second-order valence-corrected chi connectivity index (χ2v) is 6.10. The Hall–Kier alpha value is -1.12. The molecular formula is C8H13ClN4O3S. The van der Waals surface area contributed by atoms with E-state index in [9.17, 15) is 13.2 Å². The van der Waals surface area contributed by atoms with Crippen molar-refractivity contribution in [3.63, 3.8) is 0 Å². The SMILES string of the molecule is CN(C)S(=O)(=O)CCNc1nc[nH]c(=O)c1Cl. The molecule has 1 rings (SSSR count). The van der Waals surface area contributed by atoms with Crippen molar-refractivity contribution >= 4 is 27.4 Å². The third kappa shape index (κ3) is 3.69. The van der Waals surface area contributed by atoms with Crippen LogP contribution in [0, 0.1) is 0 Å². The molecule has 0 aliphatic rings. The van der Waals surface area contributed by atoms with Crippen molar-refractivity contribution in [1.82, 2.24) is 14.3 Å². The third-order valence-corrected chi connectivity index (χ3v) is 4.19. The van der Waals surface area contributed by atoms with Crippen LogP contribution in [0.5, 0.6) is 0 Å². The summed E-state index contributed by atoms with van der Waals surface area (Å²) in [6.07, 6.45) is 1.19. The number of sulfonamides is 1. The van der Waals surface area contributed by atoms with Crippen LogP contribution in [0.2, 0.25) is 5.02 Å². The minimum atomic E-state index is -3.28. The summed E-state index contributed by atoms with van der Waals surface area (Å²) in [5.74, 6) is 0.0644. The molecule has 0 aromatic carbocycles. The molecule has 7 nitrogen and oxygen atoms in total. The summed E-state index contributed by atoms with van der Waals surface area (Å²) in [6, 6.07) is 0. The third-order valence-electron chi connectivity index (χ3n) is 2.01. The topological polar surface area (TPSA) is 95.2 Å². The molecule has 17 heavy (non-hydrogen) atoms. The highest BCUT2D eigenvalue weighted by Crippen LogP contribution is 2.11. The lowest BCUT2D eigenvalue weighted by Crippen LogP contribution is -2.28. The standard InChI is InChI=1S/C8H13ClN4O3S/c1-13(2)17(15,16)4-3-10-7-6(9)8(14)12-5-11-7/h5H,3-4H2,1-2H3,(H2,10,11,12,14). The molecule has 0 spiro atoms. The fourth-order valence-electron chi connectivity index (χ4n) is 0.987. The Kier molecular flexibility index (Phi) is 4.49. The molecular weight excluding hydrogens is 268 g/mol. The normalized spacial score (nSPS) is 11.8. The van der Waals surface area contributed by atoms with Gasteiger partial charge in [0, 0.05) is 20.6 Å². The van der Waals surface area contributed by atoms with Crippen LogP contribution in [0.4, 0.5) is 5.82 Å². The summed E-state index contributed by atoms with van der Waals surface area (Å²) in [4.78, 5) is 17.2. The number of nitrogens with one attached hydrogen (secondary N) is 2. The van der Waals surface area contributed by atoms with Gasteiger partial charge in [0.2, 0.25) is 10.0 Å². The Morgan fingerprint density at radius 2 is 2.18 bits per heavy atom. The second-order valence-electron chi connectivity index (χ2n) is 3.42. The molecule has 0 aliphatic heterocycles. The smallest absolute Gasteiger partial charge is 0.271 e. The van der Waals surface area contributed by atoms with E-state index >= 15 is 0 Å². The Morgan fingerprint density at radius 1 is 1.53 bits per heavy atom. The van der Waals surface area contributed by atoms with Crippen LogP contribution in [-0.4, -0.2) is 49.1 Å². The molecule has 0 unspecified atom stereocenters. The highest BCUT2D eigenvalue weighted by atomic mass is 35.5. The fraction of sp³-hybridized carbons (Fsp3) is 0.500. The zero-order chi connectivity index (χ0) is 13.1. The first kappa shape index (κ1) is 13.9. The van der Waals surface area contributed by atoms with Gasteiger partial charge in [-0.15, -0.1) is 0 Å². The number of hydrogen-bond acceptors (Lipinski definition) is 5. The fourth-order valence-corrected chi connectivity index (χ4v) is 1.88. The van der Waals surface area contributed by atoms with Crippen molar-refractivity contribution in [3.05, 3.63) is 21.7 Å². The maximum Gasteiger partial charge on any atom is 0.271 e. The lowest BCUT2D eigenvalue weighted by molar-refractivity contribution is 0.521. The van der Waals surface area contributed by atoms with Crippen LogP contribution in [-0.2, 0) is 10.0 Å². The van der Waals surface area contributed by atoms with E-state index in [0.29, 0.717) is 0 Å². The summed E-state index contributed by atoms with van der Waals surface area (Å²) >= 11 is 5.68. The molecule has 1 heterocycles. The summed E-state index contributed by atoms with van der Waals surface area (Å²) in [5, 5.41) is 2.61. The zero-order valence-corrected chi connectivity index (χ0v) is 11.0. The molecule has 0 bridgehead atoms. The van der Waals surface area contributed by atoms with Crippen LogP contribution in [0.3, 0.4) is 0 Å². The monoisotopic (exact) mass is 280 g/mol. The predicted octanol–water partition coefficient (Wildman–Crippen LogP) is -0.273. The molecule has 2 N–H and O–H groups in total. The van der Waals surface area contributed by atoms with E-state index in [1.807, 2.05) is 0 Å². The van der Waals surface area contributed by atoms with Crippen molar-refractivity contribution in [3.8, 4) is 0 Å². The molecule has 1 aromatic heterocycles. The molecule has 1 aromatic rings. The van der Waals surface area contributed by atoms with Gasteiger partial charge in [-0.25, -0.2) is 17.7 Å². The van der Waals surface area contributed by atoms with E-state index in [-0.39, 0.29) is 23.1 Å². The second kappa shape index (κ2) is 5.48. The van der Waals surface area contributed by atoms with Crippen molar-refractivity contribution in [2.24, 2.45) is 0 Å². The Morgan fingerprint density at radius 3 is 2.76 bits per heavy atom. The molecule has 0 amide bonds. The van der Waals surface area contributed by atoms with Gasteiger partial charge in [0.1, 0.15) is 5.02 Å². The molecule has 0 aliphatic carbocycles. The highest BCUT2D eigenvalue weighted by molar-refractivity contribution is 7.89. The predicted molar refractivity (Wildman–Crippen MR) is 65.8 cm³/mol. The number of aromatic amines is 1. The van der Waals surface area contributed by atoms with Crippen molar-refractivity contribution < 1.29 is 8.42 Å². The quantitative estimate of drug-likeness (QED) is 0.774. The number of rotatable bonds is 5. The van der Waals surface area contributed by atoms with Crippen molar-refractivity contribution in [1.29, 1.82) is 0 Å². The maximum absolute atomic E-state index is 11.4.